The fraction of sp³-hybridized carbons (Fsp3) is 0.333. The van der Waals surface area contributed by atoms with Crippen molar-refractivity contribution in [2.24, 2.45) is 0 Å². The number of hydrogen-bond donors (Lipinski definition) is 1. The highest BCUT2D eigenvalue weighted by Gasteiger charge is 2.27. The van der Waals surface area contributed by atoms with E-state index in [1.54, 1.807) is 0 Å². The molecule has 0 saturated carbocycles. The third-order valence-electron chi connectivity index (χ3n) is 1.91. The number of nitrogens with one attached hydrogen (secondary N) is 1. The third-order valence-corrected chi connectivity index (χ3v) is 3.24. The second-order valence-corrected chi connectivity index (χ2v) is 5.24. The largest absolute Gasteiger partial charge is 0.441 e. The molecule has 0 aliphatic heterocycles. The van der Waals surface area contributed by atoms with E-state index in [2.05, 4.69) is 5.32 Å². The zero-order valence-electron chi connectivity index (χ0n) is 9.13. The molecule has 0 unspecified atom stereocenters. The van der Waals surface area contributed by atoms with Gasteiger partial charge >= 0.3 is 5.51 Å². The Labute approximate surface area is 120 Å². The Morgan fingerprint density at radius 1 is 1.32 bits per heavy atom. The maximum Gasteiger partial charge on any atom is 0.441 e. The van der Waals surface area contributed by atoms with Crippen LogP contribution in [0.3, 0.4) is 0 Å². The van der Waals surface area contributed by atoms with Crippen LogP contribution in [-0.4, -0.2) is 22.7 Å². The van der Waals surface area contributed by atoms with Gasteiger partial charge in [-0.3, -0.25) is 10.1 Å². The van der Waals surface area contributed by atoms with E-state index in [9.17, 15) is 23.3 Å². The molecule has 0 saturated heterocycles. The van der Waals surface area contributed by atoms with Crippen LogP contribution in [0, 0.1) is 10.1 Å². The lowest BCUT2D eigenvalue weighted by molar-refractivity contribution is -0.384. The van der Waals surface area contributed by atoms with Gasteiger partial charge in [-0.25, -0.2) is 0 Å². The fourth-order valence-electron chi connectivity index (χ4n) is 1.18. The van der Waals surface area contributed by atoms with Crippen LogP contribution in [0.25, 0.3) is 0 Å². The summed E-state index contributed by atoms with van der Waals surface area (Å²) >= 11 is 11.4. The lowest BCUT2D eigenvalue weighted by Crippen LogP contribution is -2.10. The van der Waals surface area contributed by atoms with Gasteiger partial charge in [0.2, 0.25) is 0 Å². The molecule has 0 bridgehead atoms. The number of nitrogens with zero attached hydrogens (tertiary/aromatic N) is 1. The lowest BCUT2D eigenvalue weighted by Gasteiger charge is -2.11. The van der Waals surface area contributed by atoms with Crippen LogP contribution in [-0.2, 0) is 0 Å². The van der Waals surface area contributed by atoms with Crippen LogP contribution < -0.4 is 5.32 Å². The molecular weight excluding hydrogens is 328 g/mol. The van der Waals surface area contributed by atoms with Crippen LogP contribution in [0.15, 0.2) is 12.1 Å². The molecule has 19 heavy (non-hydrogen) atoms. The van der Waals surface area contributed by atoms with Gasteiger partial charge in [-0.2, -0.15) is 13.2 Å². The van der Waals surface area contributed by atoms with Crippen molar-refractivity contribution in [2.45, 2.75) is 5.51 Å². The smallest absolute Gasteiger partial charge is 0.382 e. The number of benzene rings is 1. The summed E-state index contributed by atoms with van der Waals surface area (Å²) < 4.78 is 35.7. The minimum atomic E-state index is -4.30. The van der Waals surface area contributed by atoms with Crippen LogP contribution in [0.4, 0.5) is 24.5 Å². The molecule has 106 valence electrons. The van der Waals surface area contributed by atoms with Gasteiger partial charge in [0.1, 0.15) is 0 Å². The zero-order chi connectivity index (χ0) is 14.6. The van der Waals surface area contributed by atoms with Crippen molar-refractivity contribution in [2.75, 3.05) is 17.6 Å². The summed E-state index contributed by atoms with van der Waals surface area (Å²) in [6.07, 6.45) is 0. The number of rotatable bonds is 5. The van der Waals surface area contributed by atoms with E-state index < -0.39 is 10.4 Å². The molecule has 0 radical (unpaired) electrons. The molecule has 1 N–H and O–H groups in total. The van der Waals surface area contributed by atoms with E-state index in [1.165, 1.54) is 0 Å². The second kappa shape index (κ2) is 6.53. The molecule has 10 heteroatoms. The van der Waals surface area contributed by atoms with E-state index in [1.807, 2.05) is 0 Å². The molecule has 0 aliphatic rings. The van der Waals surface area contributed by atoms with Crippen molar-refractivity contribution in [3.05, 3.63) is 32.3 Å². The first-order valence-corrected chi connectivity index (χ1v) is 6.53. The molecule has 1 aromatic rings. The number of nitro benzene ring substituents is 1. The Balaban J connectivity index is 2.67. The minimum Gasteiger partial charge on any atom is -0.382 e. The van der Waals surface area contributed by atoms with Crippen LogP contribution in [0.1, 0.15) is 0 Å². The predicted molar refractivity (Wildman–Crippen MR) is 70.1 cm³/mol. The third kappa shape index (κ3) is 5.33. The molecule has 0 spiro atoms. The van der Waals surface area contributed by atoms with Crippen LogP contribution >= 0.6 is 35.0 Å². The number of hydrogen-bond acceptors (Lipinski definition) is 4. The molecule has 0 fully saturated rings. The highest BCUT2D eigenvalue weighted by Crippen LogP contribution is 2.35. The number of alkyl halides is 3. The summed E-state index contributed by atoms with van der Waals surface area (Å²) in [6, 6.07) is 2.15. The second-order valence-electron chi connectivity index (χ2n) is 3.26. The molecule has 1 aromatic carbocycles. The Morgan fingerprint density at radius 3 is 2.26 bits per heavy atom. The summed E-state index contributed by atoms with van der Waals surface area (Å²) in [6.45, 7) is -0.0264. The van der Waals surface area contributed by atoms with Crippen LogP contribution in [0.5, 0.6) is 0 Å². The van der Waals surface area contributed by atoms with Gasteiger partial charge < -0.3 is 5.32 Å². The van der Waals surface area contributed by atoms with E-state index in [-0.39, 0.29) is 45.5 Å². The Bertz CT molecular complexity index is 462. The van der Waals surface area contributed by atoms with Crippen molar-refractivity contribution in [3.8, 4) is 0 Å². The van der Waals surface area contributed by atoms with Gasteiger partial charge in [-0.1, -0.05) is 23.2 Å². The average Bonchev–Trinajstić information content (AvgIpc) is 2.25. The molecular formula is C9H7Cl2F3N2O2S. The zero-order valence-corrected chi connectivity index (χ0v) is 11.5. The highest BCUT2D eigenvalue weighted by atomic mass is 35.5. The quantitative estimate of drug-likeness (QED) is 0.487. The van der Waals surface area contributed by atoms with Crippen molar-refractivity contribution in [1.29, 1.82) is 0 Å². The lowest BCUT2D eigenvalue weighted by atomic mass is 10.3. The Kier molecular flexibility index (Phi) is 5.57. The molecule has 0 aromatic heterocycles. The molecule has 0 aliphatic carbocycles. The van der Waals surface area contributed by atoms with E-state index >= 15 is 0 Å². The van der Waals surface area contributed by atoms with Gasteiger partial charge in [0.05, 0.1) is 20.7 Å². The van der Waals surface area contributed by atoms with Gasteiger partial charge in [0.25, 0.3) is 5.69 Å². The first-order valence-electron chi connectivity index (χ1n) is 4.78. The van der Waals surface area contributed by atoms with E-state index in [4.69, 9.17) is 23.2 Å². The molecule has 4 nitrogen and oxygen atoms in total. The summed E-state index contributed by atoms with van der Waals surface area (Å²) in [4.78, 5) is 9.86. The van der Waals surface area contributed by atoms with Gasteiger partial charge in [0.15, 0.2) is 0 Å². The fourth-order valence-corrected chi connectivity index (χ4v) is 2.22. The van der Waals surface area contributed by atoms with Crippen molar-refractivity contribution >= 4 is 46.3 Å². The van der Waals surface area contributed by atoms with E-state index in [0.29, 0.717) is 0 Å². The summed E-state index contributed by atoms with van der Waals surface area (Å²) in [5, 5.41) is 13.1. The van der Waals surface area contributed by atoms with Gasteiger partial charge in [-0.05, 0) is 11.8 Å². The molecule has 0 atom stereocenters. The number of thioether (sulfide) groups is 1. The monoisotopic (exact) mass is 334 g/mol. The average molecular weight is 335 g/mol. The predicted octanol–water partition coefficient (Wildman–Crippen LogP) is 4.57. The van der Waals surface area contributed by atoms with Gasteiger partial charge in [0, 0.05) is 24.4 Å². The molecule has 1 rings (SSSR count). The van der Waals surface area contributed by atoms with Crippen molar-refractivity contribution in [3.63, 3.8) is 0 Å². The minimum absolute atomic E-state index is 0.0174. The normalized spacial score (nSPS) is 11.4. The SMILES string of the molecule is O=[N+]([O-])c1cc(Cl)c(NCCSC(F)(F)F)c(Cl)c1. The standard InChI is InChI=1S/C9H7Cl2F3N2O2S/c10-6-3-5(16(17)18)4-7(11)8(6)15-1-2-19-9(12,13)14/h3-4,15H,1-2H2. The number of nitro groups is 1. The highest BCUT2D eigenvalue weighted by molar-refractivity contribution is 8.00. The molecule has 0 amide bonds. The topological polar surface area (TPSA) is 55.2 Å². The number of anilines is 1. The first-order chi connectivity index (χ1) is 8.70. The van der Waals surface area contributed by atoms with Crippen molar-refractivity contribution < 1.29 is 18.1 Å². The molecule has 0 heterocycles. The maximum atomic E-state index is 11.9. The summed E-state index contributed by atoms with van der Waals surface area (Å²) in [5.74, 6) is -0.229. The maximum absolute atomic E-state index is 11.9. The summed E-state index contributed by atoms with van der Waals surface area (Å²) in [7, 11) is 0. The Hall–Kier alpha value is -0.860. The van der Waals surface area contributed by atoms with Crippen LogP contribution in [0.2, 0.25) is 10.0 Å². The van der Waals surface area contributed by atoms with Crippen molar-refractivity contribution in [1.82, 2.24) is 0 Å². The Morgan fingerprint density at radius 2 is 1.84 bits per heavy atom. The first kappa shape index (κ1) is 16.2. The number of non-ortho nitro benzene ring substituents is 1. The summed E-state index contributed by atoms with van der Waals surface area (Å²) in [5.41, 5.74) is -4.41. The number of halogens is 5. The van der Waals surface area contributed by atoms with E-state index in [0.717, 1.165) is 12.1 Å². The van der Waals surface area contributed by atoms with Gasteiger partial charge in [-0.15, -0.1) is 0 Å².